The zero-order valence-electron chi connectivity index (χ0n) is 43.7. The predicted octanol–water partition coefficient (Wildman–Crippen LogP) is 18.8. The minimum absolute atomic E-state index is 0.0845. The zero-order valence-corrected chi connectivity index (χ0v) is 43.7. The van der Waals surface area contributed by atoms with Gasteiger partial charge in [-0.05, 0) is 83.5 Å². The molecular weight excluding hydrogens is 817 g/mol. The van der Waals surface area contributed by atoms with E-state index in [1.807, 2.05) is 0 Å². The van der Waals surface area contributed by atoms with Crippen molar-refractivity contribution in [2.45, 2.75) is 290 Å². The second kappa shape index (κ2) is 54.7. The van der Waals surface area contributed by atoms with E-state index in [9.17, 15) is 14.4 Å². The molecule has 0 radical (unpaired) electrons. The Morgan fingerprint density at radius 2 is 0.591 bits per heavy atom. The molecule has 1 unspecified atom stereocenters. The Hall–Kier alpha value is -2.89. The maximum absolute atomic E-state index is 12.8. The smallest absolute Gasteiger partial charge is 0.306 e. The van der Waals surface area contributed by atoms with Crippen LogP contribution in [0, 0.1) is 0 Å². The Labute approximate surface area is 409 Å². The first-order valence-electron chi connectivity index (χ1n) is 28.3. The van der Waals surface area contributed by atoms with Gasteiger partial charge in [-0.15, -0.1) is 0 Å². The minimum Gasteiger partial charge on any atom is -0.462 e. The van der Waals surface area contributed by atoms with E-state index in [0.717, 1.165) is 96.3 Å². The lowest BCUT2D eigenvalue weighted by molar-refractivity contribution is -0.167. The van der Waals surface area contributed by atoms with Gasteiger partial charge in [0.15, 0.2) is 6.10 Å². The summed E-state index contributed by atoms with van der Waals surface area (Å²) >= 11 is 0. The molecule has 0 fully saturated rings. The molecule has 6 nitrogen and oxygen atoms in total. The van der Waals surface area contributed by atoms with Crippen molar-refractivity contribution < 1.29 is 28.6 Å². The molecule has 1 atom stereocenters. The average Bonchev–Trinajstić information content (AvgIpc) is 3.31. The van der Waals surface area contributed by atoms with E-state index in [4.69, 9.17) is 14.2 Å². The molecule has 6 heteroatoms. The van der Waals surface area contributed by atoms with Crippen LogP contribution in [-0.2, 0) is 28.6 Å². The fourth-order valence-electron chi connectivity index (χ4n) is 8.02. The highest BCUT2D eigenvalue weighted by atomic mass is 16.6. The van der Waals surface area contributed by atoms with Crippen LogP contribution in [0.1, 0.15) is 284 Å². The number of ether oxygens (including phenoxy) is 3. The summed E-state index contributed by atoms with van der Waals surface area (Å²) in [5.41, 5.74) is 0. The number of carbonyl (C=O) groups excluding carboxylic acids is 3. The Bertz CT molecular complexity index is 1200. The van der Waals surface area contributed by atoms with Crippen LogP contribution in [-0.4, -0.2) is 37.2 Å². The molecule has 0 amide bonds. The number of rotatable bonds is 51. The summed E-state index contributed by atoms with van der Waals surface area (Å²) in [5.74, 6) is -0.912. The molecule has 0 spiro atoms. The van der Waals surface area contributed by atoms with Gasteiger partial charge in [-0.2, -0.15) is 0 Å². The number of hydrogen-bond donors (Lipinski definition) is 0. The molecule has 0 saturated heterocycles. The highest BCUT2D eigenvalue weighted by molar-refractivity contribution is 5.71. The molecule has 0 aromatic carbocycles. The molecule has 0 N–H and O–H groups in total. The summed E-state index contributed by atoms with van der Waals surface area (Å²) in [5, 5.41) is 0. The van der Waals surface area contributed by atoms with E-state index in [1.54, 1.807) is 0 Å². The quantitative estimate of drug-likeness (QED) is 0.0262. The maximum atomic E-state index is 12.8. The lowest BCUT2D eigenvalue weighted by Crippen LogP contribution is -2.30. The molecule has 0 aromatic rings. The van der Waals surface area contributed by atoms with Crippen molar-refractivity contribution in [2.75, 3.05) is 13.2 Å². The summed E-state index contributed by atoms with van der Waals surface area (Å²) in [4.78, 5) is 38.1. The highest BCUT2D eigenvalue weighted by Crippen LogP contribution is 2.16. The number of allylic oxidation sites excluding steroid dienone is 10. The van der Waals surface area contributed by atoms with Gasteiger partial charge in [0.2, 0.25) is 0 Å². The summed E-state index contributed by atoms with van der Waals surface area (Å²) < 4.78 is 16.8. The number of hydrogen-bond acceptors (Lipinski definition) is 6. The first-order chi connectivity index (χ1) is 32.5. The first-order valence-corrected chi connectivity index (χ1v) is 28.3. The topological polar surface area (TPSA) is 78.9 Å². The molecule has 0 aliphatic carbocycles. The van der Waals surface area contributed by atoms with Crippen molar-refractivity contribution in [3.05, 3.63) is 60.8 Å². The van der Waals surface area contributed by atoms with Gasteiger partial charge in [0.05, 0.1) is 0 Å². The molecule has 0 aliphatic heterocycles. The van der Waals surface area contributed by atoms with E-state index >= 15 is 0 Å². The summed E-state index contributed by atoms with van der Waals surface area (Å²) in [6.07, 6.45) is 67.8. The number of unbranched alkanes of at least 4 members (excludes halogenated alkanes) is 30. The summed E-state index contributed by atoms with van der Waals surface area (Å²) in [6, 6.07) is 0. The fourth-order valence-corrected chi connectivity index (χ4v) is 8.02. The summed E-state index contributed by atoms with van der Waals surface area (Å²) in [6.45, 7) is 6.50. The van der Waals surface area contributed by atoms with Crippen LogP contribution in [0.4, 0.5) is 0 Å². The lowest BCUT2D eigenvalue weighted by atomic mass is 10.0. The Kier molecular flexibility index (Phi) is 52.3. The highest BCUT2D eigenvalue weighted by Gasteiger charge is 2.19. The summed E-state index contributed by atoms with van der Waals surface area (Å²) in [7, 11) is 0. The normalized spacial score (nSPS) is 12.5. The van der Waals surface area contributed by atoms with Crippen LogP contribution < -0.4 is 0 Å². The van der Waals surface area contributed by atoms with E-state index in [0.29, 0.717) is 19.3 Å². The standard InChI is InChI=1S/C60H106O6/c1-4-7-10-13-16-19-22-25-27-29-31-32-35-38-41-44-47-50-53-59(62)65-56-57(55-64-58(61)52-49-46-43-40-37-34-24-21-18-15-12-9-6-3)66-60(63)54-51-48-45-42-39-36-33-30-28-26-23-20-17-14-11-8-5-2/h9,12,17-18,20-21,26,28,34,37,57H,4-8,10-11,13-16,19,22-25,27,29-33,35-36,38-56H2,1-3H3/b12-9-,20-17-,21-18-,28-26-,37-34-. The van der Waals surface area contributed by atoms with Crippen molar-refractivity contribution in [1.82, 2.24) is 0 Å². The van der Waals surface area contributed by atoms with Gasteiger partial charge in [-0.1, -0.05) is 242 Å². The molecule has 0 saturated carbocycles. The molecular formula is C60H106O6. The van der Waals surface area contributed by atoms with Crippen LogP contribution in [0.25, 0.3) is 0 Å². The van der Waals surface area contributed by atoms with Gasteiger partial charge in [0.1, 0.15) is 13.2 Å². The zero-order chi connectivity index (χ0) is 47.9. The van der Waals surface area contributed by atoms with Crippen LogP contribution >= 0.6 is 0 Å². The van der Waals surface area contributed by atoms with E-state index in [-0.39, 0.29) is 31.1 Å². The van der Waals surface area contributed by atoms with E-state index in [2.05, 4.69) is 81.5 Å². The molecule has 66 heavy (non-hydrogen) atoms. The molecule has 0 aromatic heterocycles. The van der Waals surface area contributed by atoms with Crippen molar-refractivity contribution in [1.29, 1.82) is 0 Å². The van der Waals surface area contributed by atoms with Crippen molar-refractivity contribution in [3.8, 4) is 0 Å². The molecule has 0 heterocycles. The van der Waals surface area contributed by atoms with E-state index < -0.39 is 6.10 Å². The van der Waals surface area contributed by atoms with Crippen molar-refractivity contribution in [3.63, 3.8) is 0 Å². The third-order valence-corrected chi connectivity index (χ3v) is 12.3. The van der Waals surface area contributed by atoms with Crippen LogP contribution in [0.3, 0.4) is 0 Å². The van der Waals surface area contributed by atoms with Gasteiger partial charge < -0.3 is 14.2 Å². The van der Waals surface area contributed by atoms with Crippen LogP contribution in [0.15, 0.2) is 60.8 Å². The third-order valence-electron chi connectivity index (χ3n) is 12.3. The Morgan fingerprint density at radius 1 is 0.318 bits per heavy atom. The van der Waals surface area contributed by atoms with Crippen LogP contribution in [0.2, 0.25) is 0 Å². The molecule has 0 bridgehead atoms. The van der Waals surface area contributed by atoms with Crippen molar-refractivity contribution >= 4 is 17.9 Å². The lowest BCUT2D eigenvalue weighted by Gasteiger charge is -2.18. The second-order valence-corrected chi connectivity index (χ2v) is 18.8. The second-order valence-electron chi connectivity index (χ2n) is 18.8. The molecule has 382 valence electrons. The molecule has 0 aliphatic rings. The van der Waals surface area contributed by atoms with Gasteiger partial charge in [-0.3, -0.25) is 14.4 Å². The minimum atomic E-state index is -0.788. The average molecular weight is 924 g/mol. The van der Waals surface area contributed by atoms with Crippen molar-refractivity contribution in [2.24, 2.45) is 0 Å². The fraction of sp³-hybridized carbons (Fsp3) is 0.783. The van der Waals surface area contributed by atoms with Gasteiger partial charge in [0.25, 0.3) is 0 Å². The largest absolute Gasteiger partial charge is 0.462 e. The Balaban J connectivity index is 4.38. The van der Waals surface area contributed by atoms with Gasteiger partial charge in [-0.25, -0.2) is 0 Å². The van der Waals surface area contributed by atoms with Gasteiger partial charge in [0, 0.05) is 19.3 Å². The third kappa shape index (κ3) is 52.1. The maximum Gasteiger partial charge on any atom is 0.306 e. The van der Waals surface area contributed by atoms with Crippen LogP contribution in [0.5, 0.6) is 0 Å². The number of esters is 3. The predicted molar refractivity (Wildman–Crippen MR) is 284 cm³/mol. The first kappa shape index (κ1) is 63.1. The molecule has 0 rings (SSSR count). The number of carbonyl (C=O) groups is 3. The van der Waals surface area contributed by atoms with E-state index in [1.165, 1.54) is 148 Å². The SMILES string of the molecule is CC/C=C\C/C=C\C/C=C\CCCCCC(=O)OCC(COC(=O)CCCCCCCCCCCCCCCCCCCC)OC(=O)CCCCCCCCC/C=C\C/C=C\CCCCC. The monoisotopic (exact) mass is 923 g/mol. The van der Waals surface area contributed by atoms with Gasteiger partial charge >= 0.3 is 17.9 Å². The Morgan fingerprint density at radius 3 is 0.970 bits per heavy atom.